The minimum atomic E-state index is -4.74. The van der Waals surface area contributed by atoms with Crippen molar-refractivity contribution in [2.45, 2.75) is 6.36 Å². The molecule has 152 valence electrons. The van der Waals surface area contributed by atoms with Crippen LogP contribution in [0.2, 0.25) is 0 Å². The van der Waals surface area contributed by atoms with Crippen LogP contribution in [0, 0.1) is 0 Å². The number of hydrogen-bond acceptors (Lipinski definition) is 5. The smallest absolute Gasteiger partial charge is 0.406 e. The number of carbonyl (C=O) groups is 1. The van der Waals surface area contributed by atoms with Gasteiger partial charge < -0.3 is 15.8 Å². The van der Waals surface area contributed by atoms with Gasteiger partial charge in [-0.1, -0.05) is 12.1 Å². The van der Waals surface area contributed by atoms with E-state index in [9.17, 15) is 18.0 Å². The number of hydrogen-bond donors (Lipinski definition) is 2. The van der Waals surface area contributed by atoms with Crippen LogP contribution < -0.4 is 15.8 Å². The van der Waals surface area contributed by atoms with Gasteiger partial charge in [0, 0.05) is 11.1 Å². The zero-order chi connectivity index (χ0) is 21.3. The Bertz CT molecular complexity index is 1220. The SMILES string of the molecule is Nc1ccccc1NC(=O)c1ccc2nc(-c3ccc(OC(F)(F)F)cc3)sc2c1. The number of alkyl halides is 3. The summed E-state index contributed by atoms with van der Waals surface area (Å²) in [6, 6.07) is 17.5. The highest BCUT2D eigenvalue weighted by atomic mass is 32.1. The number of fused-ring (bicyclic) bond motifs is 1. The summed E-state index contributed by atoms with van der Waals surface area (Å²) < 4.78 is 41.5. The Labute approximate surface area is 172 Å². The molecule has 4 aromatic rings. The van der Waals surface area contributed by atoms with Crippen molar-refractivity contribution in [3.63, 3.8) is 0 Å². The Morgan fingerprint density at radius 2 is 1.77 bits per heavy atom. The molecule has 0 fully saturated rings. The number of carbonyl (C=O) groups excluding carboxylic acids is 1. The predicted octanol–water partition coefficient (Wildman–Crippen LogP) is 5.70. The fourth-order valence-corrected chi connectivity index (χ4v) is 3.80. The number of nitrogens with zero attached hydrogens (tertiary/aromatic N) is 1. The van der Waals surface area contributed by atoms with Gasteiger partial charge in [-0.25, -0.2) is 4.98 Å². The Morgan fingerprint density at radius 1 is 1.03 bits per heavy atom. The first kappa shape index (κ1) is 19.7. The summed E-state index contributed by atoms with van der Waals surface area (Å²) >= 11 is 1.33. The highest BCUT2D eigenvalue weighted by Gasteiger charge is 2.31. The quantitative estimate of drug-likeness (QED) is 0.408. The van der Waals surface area contributed by atoms with E-state index >= 15 is 0 Å². The normalized spacial score (nSPS) is 11.4. The summed E-state index contributed by atoms with van der Waals surface area (Å²) in [5.74, 6) is -0.607. The summed E-state index contributed by atoms with van der Waals surface area (Å²) in [7, 11) is 0. The molecule has 0 aliphatic heterocycles. The number of nitrogens with two attached hydrogens (primary N) is 1. The lowest BCUT2D eigenvalue weighted by atomic mass is 10.2. The number of para-hydroxylation sites is 2. The first-order valence-corrected chi connectivity index (χ1v) is 9.53. The van der Waals surface area contributed by atoms with E-state index in [-0.39, 0.29) is 11.7 Å². The number of aromatic nitrogens is 1. The van der Waals surface area contributed by atoms with Gasteiger partial charge >= 0.3 is 6.36 Å². The molecule has 3 N–H and O–H groups in total. The molecule has 0 aliphatic rings. The number of ether oxygens (including phenoxy) is 1. The fraction of sp³-hybridized carbons (Fsp3) is 0.0476. The van der Waals surface area contributed by atoms with Gasteiger partial charge in [0.05, 0.1) is 21.6 Å². The Morgan fingerprint density at radius 3 is 2.47 bits per heavy atom. The molecule has 0 radical (unpaired) electrons. The molecule has 0 spiro atoms. The maximum absolute atomic E-state index is 12.6. The molecule has 1 aromatic heterocycles. The van der Waals surface area contributed by atoms with Crippen LogP contribution >= 0.6 is 11.3 Å². The molecule has 4 rings (SSSR count). The third-order valence-corrected chi connectivity index (χ3v) is 5.26. The van der Waals surface area contributed by atoms with Crippen LogP contribution in [0.3, 0.4) is 0 Å². The molecule has 0 saturated carbocycles. The number of nitrogens with one attached hydrogen (secondary N) is 1. The van der Waals surface area contributed by atoms with Gasteiger partial charge in [-0.05, 0) is 54.6 Å². The summed E-state index contributed by atoms with van der Waals surface area (Å²) in [5.41, 5.74) is 8.61. The van der Waals surface area contributed by atoms with Crippen molar-refractivity contribution in [1.82, 2.24) is 4.98 Å². The Kier molecular flexibility index (Phi) is 5.04. The molecule has 1 amide bonds. The lowest BCUT2D eigenvalue weighted by Gasteiger charge is -2.08. The standard InChI is InChI=1S/C21H14F3N3O2S/c22-21(23,24)29-14-8-5-12(6-9-14)20-27-17-10-7-13(11-18(17)30-20)19(28)26-16-4-2-1-3-15(16)25/h1-11H,25H2,(H,26,28). The first-order valence-electron chi connectivity index (χ1n) is 8.71. The van der Waals surface area contributed by atoms with Crippen LogP contribution in [0.15, 0.2) is 66.7 Å². The minimum Gasteiger partial charge on any atom is -0.406 e. The number of nitrogen functional groups attached to an aromatic ring is 1. The zero-order valence-corrected chi connectivity index (χ0v) is 16.1. The number of rotatable bonds is 4. The van der Waals surface area contributed by atoms with Crippen molar-refractivity contribution in [3.8, 4) is 16.3 Å². The lowest BCUT2D eigenvalue weighted by Crippen LogP contribution is -2.16. The van der Waals surface area contributed by atoms with Crippen LogP contribution in [0.1, 0.15) is 10.4 Å². The van der Waals surface area contributed by atoms with E-state index in [2.05, 4.69) is 15.0 Å². The van der Waals surface area contributed by atoms with Crippen molar-refractivity contribution in [2.75, 3.05) is 11.1 Å². The van der Waals surface area contributed by atoms with E-state index in [0.29, 0.717) is 33.0 Å². The van der Waals surface area contributed by atoms with Crippen molar-refractivity contribution in [1.29, 1.82) is 0 Å². The van der Waals surface area contributed by atoms with Crippen molar-refractivity contribution >= 4 is 38.8 Å². The van der Waals surface area contributed by atoms with Crippen LogP contribution in [-0.2, 0) is 0 Å². The number of halogens is 3. The molecule has 0 aliphatic carbocycles. The van der Waals surface area contributed by atoms with Crippen LogP contribution in [-0.4, -0.2) is 17.3 Å². The Balaban J connectivity index is 1.56. The van der Waals surface area contributed by atoms with Gasteiger partial charge in [0.2, 0.25) is 0 Å². The number of anilines is 2. The number of amides is 1. The van der Waals surface area contributed by atoms with Gasteiger partial charge in [0.1, 0.15) is 10.8 Å². The summed E-state index contributed by atoms with van der Waals surface area (Å²) in [6.07, 6.45) is -4.74. The molecular weight excluding hydrogens is 415 g/mol. The lowest BCUT2D eigenvalue weighted by molar-refractivity contribution is -0.274. The average molecular weight is 429 g/mol. The van der Waals surface area contributed by atoms with E-state index in [1.54, 1.807) is 42.5 Å². The highest BCUT2D eigenvalue weighted by Crippen LogP contribution is 2.33. The van der Waals surface area contributed by atoms with Crippen molar-refractivity contribution in [3.05, 3.63) is 72.3 Å². The molecule has 1 heterocycles. The van der Waals surface area contributed by atoms with Gasteiger partial charge in [-0.15, -0.1) is 24.5 Å². The van der Waals surface area contributed by atoms with E-state index < -0.39 is 6.36 Å². The first-order chi connectivity index (χ1) is 14.3. The maximum Gasteiger partial charge on any atom is 0.573 e. The molecule has 5 nitrogen and oxygen atoms in total. The summed E-state index contributed by atoms with van der Waals surface area (Å²) in [5, 5.41) is 3.39. The predicted molar refractivity (Wildman–Crippen MR) is 111 cm³/mol. The third-order valence-electron chi connectivity index (χ3n) is 4.19. The molecule has 3 aromatic carbocycles. The van der Waals surface area contributed by atoms with E-state index in [4.69, 9.17) is 5.73 Å². The minimum absolute atomic E-state index is 0.300. The topological polar surface area (TPSA) is 77.2 Å². The second kappa shape index (κ2) is 7.68. The largest absolute Gasteiger partial charge is 0.573 e. The highest BCUT2D eigenvalue weighted by molar-refractivity contribution is 7.21. The summed E-state index contributed by atoms with van der Waals surface area (Å²) in [6.45, 7) is 0. The molecule has 0 unspecified atom stereocenters. The summed E-state index contributed by atoms with van der Waals surface area (Å²) in [4.78, 5) is 17.0. The van der Waals surface area contributed by atoms with Crippen LogP contribution in [0.25, 0.3) is 20.8 Å². The fourth-order valence-electron chi connectivity index (χ4n) is 2.79. The molecule has 0 atom stereocenters. The van der Waals surface area contributed by atoms with Crippen LogP contribution in [0.5, 0.6) is 5.75 Å². The van der Waals surface area contributed by atoms with Crippen LogP contribution in [0.4, 0.5) is 24.5 Å². The van der Waals surface area contributed by atoms with Crippen molar-refractivity contribution < 1.29 is 22.7 Å². The number of benzene rings is 3. The van der Waals surface area contributed by atoms with Crippen molar-refractivity contribution in [2.24, 2.45) is 0 Å². The molecule has 0 saturated heterocycles. The second-order valence-corrected chi connectivity index (χ2v) is 7.35. The monoisotopic (exact) mass is 429 g/mol. The van der Waals surface area contributed by atoms with Gasteiger partial charge in [-0.3, -0.25) is 4.79 Å². The van der Waals surface area contributed by atoms with Gasteiger partial charge in [-0.2, -0.15) is 0 Å². The molecular formula is C21H14F3N3O2S. The Hall–Kier alpha value is -3.59. The van der Waals surface area contributed by atoms with E-state index in [1.165, 1.54) is 35.6 Å². The van der Waals surface area contributed by atoms with Gasteiger partial charge in [0.25, 0.3) is 5.91 Å². The molecule has 0 bridgehead atoms. The van der Waals surface area contributed by atoms with Gasteiger partial charge in [0.15, 0.2) is 0 Å². The molecule has 9 heteroatoms. The van der Waals surface area contributed by atoms with E-state index in [0.717, 1.165) is 4.70 Å². The van der Waals surface area contributed by atoms with E-state index in [1.807, 2.05) is 0 Å². The third kappa shape index (κ3) is 4.36. The maximum atomic E-state index is 12.6. The molecule has 30 heavy (non-hydrogen) atoms. The zero-order valence-electron chi connectivity index (χ0n) is 15.2. The second-order valence-electron chi connectivity index (χ2n) is 6.32. The average Bonchev–Trinajstić information content (AvgIpc) is 3.12. The number of thiazole rings is 1.